The molecule has 156 valence electrons. The van der Waals surface area contributed by atoms with Crippen LogP contribution in [0.25, 0.3) is 5.69 Å². The largest absolute Gasteiger partial charge is 0.494 e. The van der Waals surface area contributed by atoms with Crippen molar-refractivity contribution in [2.45, 2.75) is 34.1 Å². The van der Waals surface area contributed by atoms with E-state index in [-0.39, 0.29) is 5.91 Å². The highest BCUT2D eigenvalue weighted by Gasteiger charge is 2.12. The molecule has 0 fully saturated rings. The van der Waals surface area contributed by atoms with Crippen molar-refractivity contribution < 1.29 is 9.53 Å². The van der Waals surface area contributed by atoms with Gasteiger partial charge < -0.3 is 9.30 Å². The minimum atomic E-state index is -0.271. The van der Waals surface area contributed by atoms with E-state index in [1.165, 1.54) is 0 Å². The third-order valence-corrected chi connectivity index (χ3v) is 5.08. The third-order valence-electron chi connectivity index (χ3n) is 4.84. The van der Waals surface area contributed by atoms with Crippen molar-refractivity contribution in [2.24, 2.45) is 5.10 Å². The predicted molar refractivity (Wildman–Crippen MR) is 122 cm³/mol. The number of hydrogen-bond donors (Lipinski definition) is 1. The van der Waals surface area contributed by atoms with Crippen LogP contribution in [0.2, 0.25) is 5.02 Å². The van der Waals surface area contributed by atoms with Crippen molar-refractivity contribution in [2.75, 3.05) is 6.61 Å². The highest BCUT2D eigenvalue weighted by atomic mass is 35.5. The van der Waals surface area contributed by atoms with Gasteiger partial charge in [-0.2, -0.15) is 5.10 Å². The van der Waals surface area contributed by atoms with Crippen LogP contribution in [0.4, 0.5) is 0 Å². The summed E-state index contributed by atoms with van der Waals surface area (Å²) in [5.74, 6) is 0.480. The van der Waals surface area contributed by atoms with Crippen molar-refractivity contribution in [3.8, 4) is 11.4 Å². The lowest BCUT2D eigenvalue weighted by Crippen LogP contribution is -2.17. The molecule has 3 rings (SSSR count). The highest BCUT2D eigenvalue weighted by molar-refractivity contribution is 6.30. The molecule has 0 aliphatic rings. The molecule has 1 amide bonds. The number of carbonyl (C=O) groups excluding carboxylic acids is 1. The molecule has 0 aliphatic carbocycles. The Bertz CT molecular complexity index is 1070. The quantitative estimate of drug-likeness (QED) is 0.396. The first kappa shape index (κ1) is 21.7. The number of hydrogen-bond acceptors (Lipinski definition) is 3. The van der Waals surface area contributed by atoms with Crippen molar-refractivity contribution in [1.29, 1.82) is 0 Å². The molecule has 1 heterocycles. The summed E-state index contributed by atoms with van der Waals surface area (Å²) in [6, 6.07) is 14.9. The van der Waals surface area contributed by atoms with Crippen LogP contribution >= 0.6 is 11.6 Å². The molecule has 0 unspecified atom stereocenters. The lowest BCUT2D eigenvalue weighted by atomic mass is 10.2. The first-order valence-electron chi connectivity index (χ1n) is 9.92. The van der Waals surface area contributed by atoms with Crippen LogP contribution in [0, 0.1) is 20.8 Å². The fourth-order valence-electron chi connectivity index (χ4n) is 3.26. The maximum atomic E-state index is 12.3. The maximum Gasteiger partial charge on any atom is 0.271 e. The van der Waals surface area contributed by atoms with Crippen LogP contribution in [0.5, 0.6) is 5.75 Å². The van der Waals surface area contributed by atoms with E-state index in [0.717, 1.165) is 40.4 Å². The van der Waals surface area contributed by atoms with E-state index in [0.29, 0.717) is 17.2 Å². The number of halogens is 1. The van der Waals surface area contributed by atoms with E-state index >= 15 is 0 Å². The Morgan fingerprint density at radius 2 is 1.87 bits per heavy atom. The molecule has 1 aromatic heterocycles. The molecular weight excluding hydrogens is 398 g/mol. The summed E-state index contributed by atoms with van der Waals surface area (Å²) in [5, 5.41) is 4.84. The van der Waals surface area contributed by atoms with E-state index in [4.69, 9.17) is 16.3 Å². The van der Waals surface area contributed by atoms with Gasteiger partial charge in [-0.3, -0.25) is 4.79 Å². The van der Waals surface area contributed by atoms with Gasteiger partial charge in [0, 0.05) is 33.2 Å². The first-order chi connectivity index (χ1) is 14.4. The van der Waals surface area contributed by atoms with Gasteiger partial charge in [-0.1, -0.05) is 24.6 Å². The fraction of sp³-hybridized carbons (Fsp3) is 0.250. The number of amides is 1. The molecule has 0 atom stereocenters. The molecular formula is C24H26ClN3O2. The van der Waals surface area contributed by atoms with Gasteiger partial charge in [0.1, 0.15) is 5.75 Å². The molecule has 0 bridgehead atoms. The average Bonchev–Trinajstić information content (AvgIpc) is 3.01. The van der Waals surface area contributed by atoms with Gasteiger partial charge in [-0.15, -0.1) is 0 Å². The zero-order chi connectivity index (χ0) is 21.7. The standard InChI is InChI=1S/C24H26ClN3O2/c1-5-12-30-22-10-7-19(8-11-22)24(29)27-26-15-20-13-17(3)28(18(20)4)23-14-21(25)9-6-16(23)2/h6-11,13-15H,5,12H2,1-4H3,(H,27,29)/b26-15-. The second-order valence-corrected chi connectivity index (χ2v) is 7.60. The van der Waals surface area contributed by atoms with E-state index in [1.54, 1.807) is 30.5 Å². The van der Waals surface area contributed by atoms with Gasteiger partial charge in [-0.25, -0.2) is 5.43 Å². The minimum absolute atomic E-state index is 0.271. The molecule has 0 saturated carbocycles. The molecule has 30 heavy (non-hydrogen) atoms. The molecule has 0 saturated heterocycles. The summed E-state index contributed by atoms with van der Waals surface area (Å²) in [4.78, 5) is 12.3. The Morgan fingerprint density at radius 1 is 1.13 bits per heavy atom. The van der Waals surface area contributed by atoms with Gasteiger partial charge in [-0.05, 0) is 75.2 Å². The summed E-state index contributed by atoms with van der Waals surface area (Å²) in [6.45, 7) is 8.81. The van der Waals surface area contributed by atoms with E-state index < -0.39 is 0 Å². The summed E-state index contributed by atoms with van der Waals surface area (Å²) in [7, 11) is 0. The Balaban J connectivity index is 1.72. The first-order valence-corrected chi connectivity index (χ1v) is 10.3. The summed E-state index contributed by atoms with van der Waals surface area (Å²) in [5.41, 5.74) is 8.28. The lowest BCUT2D eigenvalue weighted by Gasteiger charge is -2.13. The van der Waals surface area contributed by atoms with E-state index in [1.807, 2.05) is 45.0 Å². The predicted octanol–water partition coefficient (Wildman–Crippen LogP) is 5.61. The van der Waals surface area contributed by atoms with Crippen LogP contribution in [0.15, 0.2) is 53.6 Å². The molecule has 0 spiro atoms. The van der Waals surface area contributed by atoms with Gasteiger partial charge in [0.2, 0.25) is 0 Å². The topological polar surface area (TPSA) is 55.6 Å². The highest BCUT2D eigenvalue weighted by Crippen LogP contribution is 2.25. The smallest absolute Gasteiger partial charge is 0.271 e. The number of rotatable bonds is 7. The van der Waals surface area contributed by atoms with E-state index in [2.05, 4.69) is 22.0 Å². The molecule has 0 radical (unpaired) electrons. The lowest BCUT2D eigenvalue weighted by molar-refractivity contribution is 0.0955. The zero-order valence-electron chi connectivity index (χ0n) is 17.7. The van der Waals surface area contributed by atoms with Crippen molar-refractivity contribution in [1.82, 2.24) is 9.99 Å². The van der Waals surface area contributed by atoms with Crippen LogP contribution in [-0.4, -0.2) is 23.3 Å². The molecule has 0 aliphatic heterocycles. The second kappa shape index (κ2) is 9.63. The SMILES string of the molecule is CCCOc1ccc(C(=O)N/N=C\c2cc(C)n(-c3cc(Cl)ccc3C)c2C)cc1. The van der Waals surface area contributed by atoms with Gasteiger partial charge in [0.15, 0.2) is 0 Å². The number of aromatic nitrogens is 1. The summed E-state index contributed by atoms with van der Waals surface area (Å²) in [6.07, 6.45) is 2.60. The Kier molecular flexibility index (Phi) is 6.95. The number of ether oxygens (including phenoxy) is 1. The number of hydrazone groups is 1. The minimum Gasteiger partial charge on any atom is -0.494 e. The Labute approximate surface area is 182 Å². The fourth-order valence-corrected chi connectivity index (χ4v) is 3.43. The maximum absolute atomic E-state index is 12.3. The van der Waals surface area contributed by atoms with Crippen molar-refractivity contribution in [3.63, 3.8) is 0 Å². The van der Waals surface area contributed by atoms with Crippen molar-refractivity contribution >= 4 is 23.7 Å². The average molecular weight is 424 g/mol. The van der Waals surface area contributed by atoms with Crippen LogP contribution < -0.4 is 10.2 Å². The van der Waals surface area contributed by atoms with Gasteiger partial charge in [0.25, 0.3) is 5.91 Å². The summed E-state index contributed by atoms with van der Waals surface area (Å²) < 4.78 is 7.67. The van der Waals surface area contributed by atoms with Gasteiger partial charge in [0.05, 0.1) is 12.8 Å². The summed E-state index contributed by atoms with van der Waals surface area (Å²) >= 11 is 6.19. The Morgan fingerprint density at radius 3 is 2.57 bits per heavy atom. The Hall–Kier alpha value is -3.05. The third kappa shape index (κ3) is 4.92. The molecule has 3 aromatic rings. The number of aryl methyl sites for hydroxylation is 2. The van der Waals surface area contributed by atoms with Crippen molar-refractivity contribution in [3.05, 3.63) is 81.6 Å². The monoisotopic (exact) mass is 423 g/mol. The van der Waals surface area contributed by atoms with Gasteiger partial charge >= 0.3 is 0 Å². The van der Waals surface area contributed by atoms with Crippen LogP contribution in [0.1, 0.15) is 46.2 Å². The molecule has 2 aromatic carbocycles. The zero-order valence-corrected chi connectivity index (χ0v) is 18.5. The second-order valence-electron chi connectivity index (χ2n) is 7.16. The molecule has 5 nitrogen and oxygen atoms in total. The molecule has 6 heteroatoms. The number of nitrogens with one attached hydrogen (secondary N) is 1. The van der Waals surface area contributed by atoms with Crippen LogP contribution in [-0.2, 0) is 0 Å². The normalized spacial score (nSPS) is 11.1. The number of nitrogens with zero attached hydrogens (tertiary/aromatic N) is 2. The van der Waals surface area contributed by atoms with E-state index in [9.17, 15) is 4.79 Å². The van der Waals surface area contributed by atoms with Crippen LogP contribution in [0.3, 0.4) is 0 Å². The number of benzene rings is 2. The molecule has 1 N–H and O–H groups in total. The number of carbonyl (C=O) groups is 1.